The molecular formula is C12H17N3S2. The second-order valence-corrected chi connectivity index (χ2v) is 5.55. The number of pyridine rings is 1. The van der Waals surface area contributed by atoms with Crippen LogP contribution >= 0.6 is 24.0 Å². The fourth-order valence-electron chi connectivity index (χ4n) is 2.07. The first-order valence-corrected chi connectivity index (χ1v) is 7.58. The lowest BCUT2D eigenvalue weighted by Gasteiger charge is -2.12. The lowest BCUT2D eigenvalue weighted by molar-refractivity contribution is 0.899. The minimum atomic E-state index is 0.429. The number of aromatic nitrogens is 1. The van der Waals surface area contributed by atoms with E-state index in [1.807, 2.05) is 0 Å². The van der Waals surface area contributed by atoms with E-state index < -0.39 is 0 Å². The first-order chi connectivity index (χ1) is 8.22. The monoisotopic (exact) mass is 267 g/mol. The lowest BCUT2D eigenvalue weighted by atomic mass is 10.1. The van der Waals surface area contributed by atoms with Crippen LogP contribution in [0, 0.1) is 0 Å². The van der Waals surface area contributed by atoms with Gasteiger partial charge in [0.05, 0.1) is 5.56 Å². The number of fused-ring (bicyclic) bond motifs is 1. The molecule has 0 bridgehead atoms. The summed E-state index contributed by atoms with van der Waals surface area (Å²) in [6, 6.07) is 2.11. The van der Waals surface area contributed by atoms with Gasteiger partial charge in [-0.25, -0.2) is 4.98 Å². The Kier molecular flexibility index (Phi) is 4.23. The molecule has 0 saturated carbocycles. The van der Waals surface area contributed by atoms with E-state index in [-0.39, 0.29) is 0 Å². The summed E-state index contributed by atoms with van der Waals surface area (Å²) >= 11 is 6.90. The van der Waals surface area contributed by atoms with Crippen LogP contribution in [0.25, 0.3) is 0 Å². The molecule has 3 nitrogen and oxygen atoms in total. The van der Waals surface area contributed by atoms with Crippen LogP contribution in [0.15, 0.2) is 6.07 Å². The molecule has 3 N–H and O–H groups in total. The van der Waals surface area contributed by atoms with Gasteiger partial charge in [-0.1, -0.05) is 12.2 Å². The van der Waals surface area contributed by atoms with E-state index >= 15 is 0 Å². The van der Waals surface area contributed by atoms with Crippen molar-refractivity contribution in [3.05, 3.63) is 22.9 Å². The predicted molar refractivity (Wildman–Crippen MR) is 79.0 cm³/mol. The molecule has 1 aliphatic carbocycles. The molecule has 5 heteroatoms. The standard InChI is InChI=1S/C12H17N3S2/c1-17-6-5-14-12-9(11(13)16)7-8-3-2-4-10(8)15-12/h7H,2-6H2,1H3,(H2,13,16)(H,14,15). The summed E-state index contributed by atoms with van der Waals surface area (Å²) in [5.74, 6) is 1.91. The Hall–Kier alpha value is -0.810. The normalized spacial score (nSPS) is 13.5. The Bertz CT molecular complexity index is 432. The predicted octanol–water partition coefficient (Wildman–Crippen LogP) is 1.98. The van der Waals surface area contributed by atoms with Gasteiger partial charge in [0.15, 0.2) is 0 Å². The van der Waals surface area contributed by atoms with Gasteiger partial charge in [0.1, 0.15) is 10.8 Å². The number of anilines is 1. The summed E-state index contributed by atoms with van der Waals surface area (Å²) in [5.41, 5.74) is 9.16. The van der Waals surface area contributed by atoms with Gasteiger partial charge < -0.3 is 11.1 Å². The number of aryl methyl sites for hydroxylation is 2. The molecule has 0 saturated heterocycles. The molecule has 0 spiro atoms. The largest absolute Gasteiger partial charge is 0.389 e. The summed E-state index contributed by atoms with van der Waals surface area (Å²) in [6.07, 6.45) is 5.45. The number of nitrogens with one attached hydrogen (secondary N) is 1. The maximum absolute atomic E-state index is 5.76. The van der Waals surface area contributed by atoms with Gasteiger partial charge in [-0.2, -0.15) is 11.8 Å². The number of rotatable bonds is 5. The van der Waals surface area contributed by atoms with Crippen molar-refractivity contribution in [2.24, 2.45) is 5.73 Å². The third-order valence-corrected chi connectivity index (χ3v) is 3.75. The van der Waals surface area contributed by atoms with Crippen molar-refractivity contribution in [1.82, 2.24) is 4.98 Å². The van der Waals surface area contributed by atoms with Crippen molar-refractivity contribution in [2.45, 2.75) is 19.3 Å². The third kappa shape index (κ3) is 2.90. The SMILES string of the molecule is CSCCNc1nc2c(cc1C(N)=S)CCC2. The molecule has 0 radical (unpaired) electrons. The summed E-state index contributed by atoms with van der Waals surface area (Å²) in [4.78, 5) is 5.09. The zero-order valence-electron chi connectivity index (χ0n) is 9.95. The van der Waals surface area contributed by atoms with E-state index in [1.54, 1.807) is 11.8 Å². The molecule has 0 aliphatic heterocycles. The van der Waals surface area contributed by atoms with Crippen molar-refractivity contribution in [3.8, 4) is 0 Å². The van der Waals surface area contributed by atoms with Crippen molar-refractivity contribution >= 4 is 34.8 Å². The number of hydrogen-bond acceptors (Lipinski definition) is 4. The Morgan fingerprint density at radius 2 is 2.41 bits per heavy atom. The molecule has 1 aromatic heterocycles. The Morgan fingerprint density at radius 1 is 1.59 bits per heavy atom. The molecule has 2 rings (SSSR count). The topological polar surface area (TPSA) is 50.9 Å². The average Bonchev–Trinajstić information content (AvgIpc) is 2.75. The van der Waals surface area contributed by atoms with E-state index in [9.17, 15) is 0 Å². The maximum atomic E-state index is 5.76. The van der Waals surface area contributed by atoms with Gasteiger partial charge in [0.25, 0.3) is 0 Å². The molecule has 0 amide bonds. The third-order valence-electron chi connectivity index (χ3n) is 2.91. The molecule has 92 valence electrons. The van der Waals surface area contributed by atoms with E-state index in [0.717, 1.165) is 36.5 Å². The second kappa shape index (κ2) is 5.69. The lowest BCUT2D eigenvalue weighted by Crippen LogP contribution is -2.17. The molecule has 0 atom stereocenters. The van der Waals surface area contributed by atoms with Gasteiger partial charge >= 0.3 is 0 Å². The smallest absolute Gasteiger partial charge is 0.136 e. The number of thiocarbonyl (C=S) groups is 1. The van der Waals surface area contributed by atoms with Crippen LogP contribution in [0.5, 0.6) is 0 Å². The quantitative estimate of drug-likeness (QED) is 0.631. The molecule has 1 heterocycles. The molecule has 17 heavy (non-hydrogen) atoms. The minimum absolute atomic E-state index is 0.429. The minimum Gasteiger partial charge on any atom is -0.389 e. The van der Waals surface area contributed by atoms with Gasteiger partial charge in [0, 0.05) is 18.0 Å². The van der Waals surface area contributed by atoms with Crippen molar-refractivity contribution in [3.63, 3.8) is 0 Å². The molecule has 1 aromatic rings. The Labute approximate surface area is 112 Å². The maximum Gasteiger partial charge on any atom is 0.136 e. The average molecular weight is 267 g/mol. The fourth-order valence-corrected chi connectivity index (χ4v) is 2.53. The van der Waals surface area contributed by atoms with E-state index in [4.69, 9.17) is 18.0 Å². The van der Waals surface area contributed by atoms with Crippen LogP contribution in [0.1, 0.15) is 23.2 Å². The van der Waals surface area contributed by atoms with E-state index in [0.29, 0.717) is 4.99 Å². The molecule has 0 aromatic carbocycles. The number of thioether (sulfide) groups is 1. The van der Waals surface area contributed by atoms with E-state index in [1.165, 1.54) is 17.7 Å². The van der Waals surface area contributed by atoms with Crippen molar-refractivity contribution in [2.75, 3.05) is 23.9 Å². The molecule has 1 aliphatic rings. The van der Waals surface area contributed by atoms with Gasteiger partial charge in [-0.15, -0.1) is 0 Å². The first kappa shape index (κ1) is 12.6. The first-order valence-electron chi connectivity index (χ1n) is 5.77. The Balaban J connectivity index is 2.25. The van der Waals surface area contributed by atoms with Crippen LogP contribution in [0.4, 0.5) is 5.82 Å². The number of hydrogen-bond donors (Lipinski definition) is 2. The van der Waals surface area contributed by atoms with Crippen molar-refractivity contribution < 1.29 is 0 Å². The highest BCUT2D eigenvalue weighted by Crippen LogP contribution is 2.25. The highest BCUT2D eigenvalue weighted by atomic mass is 32.2. The molecular weight excluding hydrogens is 250 g/mol. The highest BCUT2D eigenvalue weighted by Gasteiger charge is 2.17. The number of nitrogens with two attached hydrogens (primary N) is 1. The Morgan fingerprint density at radius 3 is 3.12 bits per heavy atom. The van der Waals surface area contributed by atoms with Crippen LogP contribution in [0.3, 0.4) is 0 Å². The molecule has 0 fully saturated rings. The summed E-state index contributed by atoms with van der Waals surface area (Å²) in [6.45, 7) is 0.891. The number of nitrogens with zero attached hydrogens (tertiary/aromatic N) is 1. The second-order valence-electron chi connectivity index (χ2n) is 4.13. The fraction of sp³-hybridized carbons (Fsp3) is 0.500. The zero-order chi connectivity index (χ0) is 12.3. The summed E-state index contributed by atoms with van der Waals surface area (Å²) < 4.78 is 0. The van der Waals surface area contributed by atoms with Crippen molar-refractivity contribution in [1.29, 1.82) is 0 Å². The van der Waals surface area contributed by atoms with Gasteiger partial charge in [-0.05, 0) is 37.1 Å². The highest BCUT2D eigenvalue weighted by molar-refractivity contribution is 7.98. The van der Waals surface area contributed by atoms with Crippen LogP contribution < -0.4 is 11.1 Å². The van der Waals surface area contributed by atoms with Crippen LogP contribution in [0.2, 0.25) is 0 Å². The van der Waals surface area contributed by atoms with Gasteiger partial charge in [-0.3, -0.25) is 0 Å². The summed E-state index contributed by atoms with van der Waals surface area (Å²) in [7, 11) is 0. The summed E-state index contributed by atoms with van der Waals surface area (Å²) in [5, 5.41) is 3.33. The van der Waals surface area contributed by atoms with Gasteiger partial charge in [0.2, 0.25) is 0 Å². The van der Waals surface area contributed by atoms with Crippen LogP contribution in [-0.2, 0) is 12.8 Å². The van der Waals surface area contributed by atoms with Crippen LogP contribution in [-0.4, -0.2) is 28.5 Å². The zero-order valence-corrected chi connectivity index (χ0v) is 11.6. The van der Waals surface area contributed by atoms with E-state index in [2.05, 4.69) is 22.6 Å². The molecule has 0 unspecified atom stereocenters.